The van der Waals surface area contributed by atoms with Crippen LogP contribution >= 0.6 is 29.4 Å². The lowest BCUT2D eigenvalue weighted by atomic mass is 9.89. The summed E-state index contributed by atoms with van der Waals surface area (Å²) in [4.78, 5) is 108. The second-order valence-electron chi connectivity index (χ2n) is 20.6. The Bertz CT molecular complexity index is 3880. The van der Waals surface area contributed by atoms with Crippen LogP contribution in [0.25, 0.3) is 43.9 Å². The first-order valence-corrected chi connectivity index (χ1v) is 33.3. The van der Waals surface area contributed by atoms with Gasteiger partial charge in [0.05, 0.1) is 37.8 Å². The van der Waals surface area contributed by atoms with Gasteiger partial charge in [-0.25, -0.2) is 9.36 Å². The van der Waals surface area contributed by atoms with Crippen LogP contribution in [-0.2, 0) is 37.6 Å². The standard InChI is InChI=1S/C61H74N11O16PS2/c1-8-63-47-30-49-45(27-37(47)3)57(46-28-38(4)48(64-9-2)31-50(46)87-49)43-18-10-11-19-44(43)60(77)71(6)24-14-20-53(73)66-22-23-67-58(75)40-15-12-17-42(29-40)84-36-55(69-70-62)83-26-25-82-35-54(74)65-21-13-16-41-33-72(61(78)68-59(41)76)56-32-51(86-39(5)91-90-7)52(88-56)34-85-89(79,80)81/h10-12,15,17-19,27-31,33,39,51-52,55-56,63H,8-9,14,20-26,32,34-36H2,1-7H3,(H,65,74)(H,66,73)(H,67,75)(H,68,76,78)(H2,79,80,81)/b64-48-/t39-,51?,52+,55?,56+/m0/s1. The lowest BCUT2D eigenvalue weighted by molar-refractivity contribution is -0.126. The Kier molecular flexibility index (Phi) is 26.7. The fourth-order valence-corrected chi connectivity index (χ4v) is 11.5. The zero-order valence-corrected chi connectivity index (χ0v) is 53.9. The van der Waals surface area contributed by atoms with Crippen molar-refractivity contribution in [3.8, 4) is 40.0 Å². The third kappa shape index (κ3) is 20.5. The Hall–Kier alpha value is -7.97. The number of aryl methyl sites for hydroxylation is 2. The number of nitrogens with zero attached hydrogens (tertiary/aromatic N) is 6. The maximum atomic E-state index is 14.3. The Morgan fingerprint density at radius 2 is 1.78 bits per heavy atom. The van der Waals surface area contributed by atoms with Crippen LogP contribution in [0.15, 0.2) is 103 Å². The molecular weight excluding hydrogens is 1240 g/mol. The van der Waals surface area contributed by atoms with Crippen molar-refractivity contribution < 1.29 is 66.2 Å². The van der Waals surface area contributed by atoms with Crippen LogP contribution in [0.3, 0.4) is 0 Å². The van der Waals surface area contributed by atoms with E-state index >= 15 is 0 Å². The number of phosphoric acid groups is 1. The van der Waals surface area contributed by atoms with Crippen molar-refractivity contribution in [1.82, 2.24) is 30.4 Å². The molecule has 0 saturated carbocycles. The van der Waals surface area contributed by atoms with E-state index in [-0.39, 0.29) is 86.4 Å². The number of aromatic amines is 1. The summed E-state index contributed by atoms with van der Waals surface area (Å²) >= 11 is 0. The molecule has 7 N–H and O–H groups in total. The first-order chi connectivity index (χ1) is 43.7. The second kappa shape index (κ2) is 34.5. The van der Waals surface area contributed by atoms with Gasteiger partial charge in [-0.2, -0.15) is 0 Å². The van der Waals surface area contributed by atoms with E-state index in [9.17, 15) is 43.1 Å². The predicted octanol–water partition coefficient (Wildman–Crippen LogP) is 6.78. The molecule has 1 fully saturated rings. The topological polar surface area (TPSA) is 362 Å². The zero-order chi connectivity index (χ0) is 65.6. The number of carbonyl (C=O) groups excluding carboxylic acids is 4. The minimum absolute atomic E-state index is 0.0777. The van der Waals surface area contributed by atoms with Crippen molar-refractivity contribution in [3.63, 3.8) is 0 Å². The van der Waals surface area contributed by atoms with Gasteiger partial charge in [0.25, 0.3) is 17.4 Å². The van der Waals surface area contributed by atoms with Crippen LogP contribution < -0.4 is 42.6 Å². The van der Waals surface area contributed by atoms with Gasteiger partial charge in [0.15, 0.2) is 6.23 Å². The number of phosphoric ester groups is 1. The van der Waals surface area contributed by atoms with E-state index in [1.54, 1.807) is 37.1 Å². The van der Waals surface area contributed by atoms with Crippen LogP contribution in [0, 0.1) is 25.7 Å². The summed E-state index contributed by atoms with van der Waals surface area (Å²) in [6.45, 7) is 10.2. The number of hydrogen-bond acceptors (Lipinski definition) is 19. The lowest BCUT2D eigenvalue weighted by Gasteiger charge is -2.22. The fraction of sp³-hybridized carbons (Fsp3) is 0.426. The number of carbonyl (C=O) groups is 4. The van der Waals surface area contributed by atoms with E-state index in [1.807, 2.05) is 70.3 Å². The van der Waals surface area contributed by atoms with Crippen molar-refractivity contribution in [2.75, 3.05) is 90.9 Å². The number of H-pyrrole nitrogens is 1. The number of azide groups is 1. The third-order valence-corrected chi connectivity index (χ3v) is 16.4. The van der Waals surface area contributed by atoms with E-state index < -0.39 is 68.8 Å². The summed E-state index contributed by atoms with van der Waals surface area (Å²) in [6.07, 6.45) is -0.168. The molecule has 0 spiro atoms. The van der Waals surface area contributed by atoms with Crippen molar-refractivity contribution in [1.29, 1.82) is 0 Å². The summed E-state index contributed by atoms with van der Waals surface area (Å²) in [5, 5.41) is 16.8. The largest absolute Gasteiger partial charge is 0.491 e. The Balaban J connectivity index is 0.806. The minimum atomic E-state index is -4.85. The Labute approximate surface area is 532 Å². The molecular formula is C61H74N11O16PS2. The van der Waals surface area contributed by atoms with Gasteiger partial charge in [0, 0.05) is 109 Å². The molecule has 4 amide bonds. The molecule has 1 aliphatic carbocycles. The van der Waals surface area contributed by atoms with E-state index in [2.05, 4.69) is 69.8 Å². The van der Waals surface area contributed by atoms with Crippen molar-refractivity contribution in [2.24, 2.45) is 10.1 Å². The van der Waals surface area contributed by atoms with Gasteiger partial charge in [0.1, 0.15) is 53.6 Å². The molecule has 0 bridgehead atoms. The number of hydrogen-bond donors (Lipinski definition) is 7. The van der Waals surface area contributed by atoms with Crippen LogP contribution in [0.5, 0.6) is 5.75 Å². The molecule has 2 unspecified atom stereocenters. The molecule has 0 radical (unpaired) electrons. The van der Waals surface area contributed by atoms with Gasteiger partial charge >= 0.3 is 13.5 Å². The highest BCUT2D eigenvalue weighted by Crippen LogP contribution is 2.44. The first kappa shape index (κ1) is 70.5. The summed E-state index contributed by atoms with van der Waals surface area (Å²) < 4.78 is 52.3. The highest BCUT2D eigenvalue weighted by atomic mass is 33.1. The van der Waals surface area contributed by atoms with E-state index in [0.29, 0.717) is 36.4 Å². The van der Waals surface area contributed by atoms with Crippen LogP contribution in [0.1, 0.15) is 83.7 Å². The summed E-state index contributed by atoms with van der Waals surface area (Å²) in [5.74, 6) is 4.73. The van der Waals surface area contributed by atoms with Crippen molar-refractivity contribution >= 4 is 69.7 Å². The Morgan fingerprint density at radius 1 is 0.989 bits per heavy atom. The smallest absolute Gasteiger partial charge is 0.469 e. The highest BCUT2D eigenvalue weighted by molar-refractivity contribution is 8.76. The van der Waals surface area contributed by atoms with E-state index in [4.69, 9.17) is 33.6 Å². The van der Waals surface area contributed by atoms with Gasteiger partial charge < -0.3 is 64.1 Å². The molecule has 3 aromatic carbocycles. The van der Waals surface area contributed by atoms with E-state index in [1.165, 1.54) is 33.9 Å². The molecule has 4 aromatic rings. The lowest BCUT2D eigenvalue weighted by Crippen LogP contribution is -2.35. The number of benzene rings is 4. The summed E-state index contributed by atoms with van der Waals surface area (Å²) in [6, 6.07) is 21.9. The van der Waals surface area contributed by atoms with Gasteiger partial charge in [-0.1, -0.05) is 62.8 Å². The normalized spacial score (nSPS) is 15.5. The number of aromatic nitrogens is 2. The van der Waals surface area contributed by atoms with Gasteiger partial charge in [-0.3, -0.25) is 43.0 Å². The predicted molar refractivity (Wildman–Crippen MR) is 344 cm³/mol. The molecule has 3 heterocycles. The number of fused-ring (bicyclic) bond motifs is 2. The van der Waals surface area contributed by atoms with Gasteiger partial charge in [-0.05, 0) is 106 Å². The molecule has 2 aliphatic heterocycles. The van der Waals surface area contributed by atoms with E-state index in [0.717, 1.165) is 55.4 Å². The maximum Gasteiger partial charge on any atom is 0.469 e. The number of anilines is 1. The minimum Gasteiger partial charge on any atom is -0.491 e. The quantitative estimate of drug-likeness (QED) is 0.00263. The first-order valence-electron chi connectivity index (χ1n) is 29.1. The van der Waals surface area contributed by atoms with Gasteiger partial charge in [0.2, 0.25) is 11.8 Å². The number of ether oxygens (including phenoxy) is 5. The Morgan fingerprint density at radius 3 is 2.54 bits per heavy atom. The maximum absolute atomic E-state index is 14.3. The highest BCUT2D eigenvalue weighted by Gasteiger charge is 2.40. The van der Waals surface area contributed by atoms with Crippen molar-refractivity contribution in [2.45, 2.75) is 84.0 Å². The molecule has 91 heavy (non-hydrogen) atoms. The molecule has 486 valence electrons. The van der Waals surface area contributed by atoms with Crippen molar-refractivity contribution in [3.05, 3.63) is 143 Å². The fourth-order valence-electron chi connectivity index (χ4n) is 9.78. The monoisotopic (exact) mass is 1310 g/mol. The number of rotatable bonds is 32. The summed E-state index contributed by atoms with van der Waals surface area (Å²) in [5.41, 5.74) is 14.0. The molecule has 27 nitrogen and oxygen atoms in total. The molecule has 1 saturated heterocycles. The average molecular weight is 1310 g/mol. The molecule has 3 aliphatic rings. The van der Waals surface area contributed by atoms with Gasteiger partial charge in [-0.15, -0.1) is 0 Å². The number of amides is 4. The molecule has 30 heteroatoms. The van der Waals surface area contributed by atoms with Crippen LogP contribution in [0.2, 0.25) is 0 Å². The third-order valence-electron chi connectivity index (χ3n) is 14.0. The second-order valence-corrected chi connectivity index (χ2v) is 24.6. The SMILES string of the molecule is CC/N=c1/cc2oc3cc(NCC)c(C)cc3c(-c3ccccc3C(=O)N(C)CCCC(=O)NCCNC(=O)c3cccc(OCC(N=[N+]=[N-])OCCOCC(=O)NCC#Cc4cn([C@H]5CC(O[C@H](C)SSC)[C@@H](COP(=O)(O)O)O5)c(=O)[nH]c4=O)c3)c-2cc1C. The number of nitrogens with one attached hydrogen (secondary N) is 5. The average Bonchev–Trinajstić information content (AvgIpc) is 1.20. The molecule has 7 rings (SSSR count). The summed E-state index contributed by atoms with van der Waals surface area (Å²) in [7, 11) is -0.279. The molecule has 5 atom stereocenters. The molecule has 1 aromatic heterocycles. The zero-order valence-electron chi connectivity index (χ0n) is 51.3. The van der Waals surface area contributed by atoms with Crippen LogP contribution in [-0.4, -0.2) is 157 Å². The van der Waals surface area contributed by atoms with Crippen LogP contribution in [0.4, 0.5) is 5.69 Å².